The van der Waals surface area contributed by atoms with Crippen molar-refractivity contribution in [3.8, 4) is 0 Å². The summed E-state index contributed by atoms with van der Waals surface area (Å²) in [6.07, 6.45) is 5.51. The molecule has 0 spiro atoms. The van der Waals surface area contributed by atoms with Crippen LogP contribution in [0.3, 0.4) is 0 Å². The van der Waals surface area contributed by atoms with Crippen molar-refractivity contribution in [3.63, 3.8) is 0 Å². The number of rotatable bonds is 5. The van der Waals surface area contributed by atoms with Crippen molar-refractivity contribution in [2.24, 2.45) is 0 Å². The maximum absolute atomic E-state index is 9.73. The van der Waals surface area contributed by atoms with Crippen molar-refractivity contribution in [2.75, 3.05) is 0 Å². The highest BCUT2D eigenvalue weighted by Gasteiger charge is 2.07. The average Bonchev–Trinajstić information content (AvgIpc) is 2.52. The molecule has 1 N–H and O–H groups in total. The molecule has 1 heterocycles. The summed E-state index contributed by atoms with van der Waals surface area (Å²) in [6, 6.07) is 1.98. The second kappa shape index (κ2) is 5.01. The zero-order valence-electron chi connectivity index (χ0n) is 9.03. The highest BCUT2D eigenvalue weighted by Crippen LogP contribution is 2.18. The van der Waals surface area contributed by atoms with Gasteiger partial charge in [0.1, 0.15) is 0 Å². The quantitative estimate of drug-likeness (QED) is 0.715. The molecule has 0 bridgehead atoms. The Morgan fingerprint density at radius 1 is 1.64 bits per heavy atom. The topological polar surface area (TPSA) is 25.2 Å². The van der Waals surface area contributed by atoms with Crippen LogP contribution >= 0.6 is 0 Å². The Balaban J connectivity index is 2.62. The highest BCUT2D eigenvalue weighted by molar-refractivity contribution is 5.14. The summed E-state index contributed by atoms with van der Waals surface area (Å²) in [5.41, 5.74) is 2.13. The van der Waals surface area contributed by atoms with Gasteiger partial charge in [-0.15, -0.1) is 0 Å². The molecule has 14 heavy (non-hydrogen) atoms. The first-order valence-corrected chi connectivity index (χ1v) is 5.11. The molecule has 78 valence electrons. The van der Waals surface area contributed by atoms with E-state index in [9.17, 15) is 5.11 Å². The van der Waals surface area contributed by atoms with E-state index < -0.39 is 0 Å². The first-order valence-electron chi connectivity index (χ1n) is 5.11. The van der Waals surface area contributed by atoms with Gasteiger partial charge in [0.2, 0.25) is 0 Å². The summed E-state index contributed by atoms with van der Waals surface area (Å²) in [7, 11) is 0. The van der Waals surface area contributed by atoms with Gasteiger partial charge in [-0.3, -0.25) is 0 Å². The molecule has 2 nitrogen and oxygen atoms in total. The smallest absolute Gasteiger partial charge is 0.0804 e. The summed E-state index contributed by atoms with van der Waals surface area (Å²) in [4.78, 5) is 0. The van der Waals surface area contributed by atoms with Gasteiger partial charge in [0, 0.05) is 18.9 Å². The van der Waals surface area contributed by atoms with Gasteiger partial charge in [0.15, 0.2) is 0 Å². The summed E-state index contributed by atoms with van der Waals surface area (Å²) >= 11 is 0. The van der Waals surface area contributed by atoms with Crippen LogP contribution in [0.2, 0.25) is 0 Å². The molecular formula is C12H19NO. The third kappa shape index (κ3) is 3.04. The van der Waals surface area contributed by atoms with Crippen LogP contribution in [0.5, 0.6) is 0 Å². The lowest BCUT2D eigenvalue weighted by molar-refractivity contribution is 0.166. The molecule has 0 aliphatic carbocycles. The fourth-order valence-corrected chi connectivity index (χ4v) is 1.51. The van der Waals surface area contributed by atoms with E-state index in [1.165, 1.54) is 0 Å². The minimum atomic E-state index is -0.314. The standard InChI is InChI=1S/C12H19NO/c1-4-5-12(14)11-6-7-13(9-11)8-10(2)3/h6-7,9,12,14H,2,4-5,8H2,1,3H3. The zero-order chi connectivity index (χ0) is 10.6. The third-order valence-electron chi connectivity index (χ3n) is 2.17. The lowest BCUT2D eigenvalue weighted by Crippen LogP contribution is -1.97. The fraction of sp³-hybridized carbons (Fsp3) is 0.500. The lowest BCUT2D eigenvalue weighted by Gasteiger charge is -2.06. The predicted molar refractivity (Wildman–Crippen MR) is 59.1 cm³/mol. The van der Waals surface area contributed by atoms with Gasteiger partial charge in [0.25, 0.3) is 0 Å². The maximum Gasteiger partial charge on any atom is 0.0804 e. The molecule has 0 saturated carbocycles. The number of aliphatic hydroxyl groups excluding tert-OH is 1. The largest absolute Gasteiger partial charge is 0.388 e. The molecule has 0 aliphatic heterocycles. The predicted octanol–water partition coefficient (Wildman–Crippen LogP) is 2.90. The second-order valence-corrected chi connectivity index (χ2v) is 3.88. The Hall–Kier alpha value is -1.02. The van der Waals surface area contributed by atoms with Crippen LogP contribution in [0.25, 0.3) is 0 Å². The number of allylic oxidation sites excluding steroid dienone is 1. The van der Waals surface area contributed by atoms with E-state index in [1.807, 2.05) is 25.4 Å². The molecule has 1 unspecified atom stereocenters. The van der Waals surface area contributed by atoms with Crippen molar-refractivity contribution in [1.82, 2.24) is 4.57 Å². The number of hydrogen-bond donors (Lipinski definition) is 1. The van der Waals surface area contributed by atoms with E-state index in [4.69, 9.17) is 0 Å². The number of nitrogens with zero attached hydrogens (tertiary/aromatic N) is 1. The van der Waals surface area contributed by atoms with Crippen molar-refractivity contribution >= 4 is 0 Å². The van der Waals surface area contributed by atoms with E-state index in [1.54, 1.807) is 0 Å². The van der Waals surface area contributed by atoms with E-state index in [-0.39, 0.29) is 6.10 Å². The fourth-order valence-electron chi connectivity index (χ4n) is 1.51. The first-order chi connectivity index (χ1) is 6.63. The molecule has 2 heteroatoms. The van der Waals surface area contributed by atoms with Gasteiger partial charge in [-0.1, -0.05) is 25.5 Å². The molecule has 1 rings (SSSR count). The molecule has 1 atom stereocenters. The number of aromatic nitrogens is 1. The zero-order valence-corrected chi connectivity index (χ0v) is 9.03. The normalized spacial score (nSPS) is 12.8. The molecule has 0 fully saturated rings. The van der Waals surface area contributed by atoms with Crippen LogP contribution < -0.4 is 0 Å². The van der Waals surface area contributed by atoms with Crippen LogP contribution in [0.1, 0.15) is 38.4 Å². The Morgan fingerprint density at radius 3 is 2.93 bits per heavy atom. The lowest BCUT2D eigenvalue weighted by atomic mass is 10.1. The van der Waals surface area contributed by atoms with Crippen LogP contribution in [-0.2, 0) is 6.54 Å². The summed E-state index contributed by atoms with van der Waals surface area (Å²) in [5.74, 6) is 0. The molecule has 0 amide bonds. The van der Waals surface area contributed by atoms with E-state index in [0.29, 0.717) is 0 Å². The Kier molecular flexibility index (Phi) is 3.96. The minimum absolute atomic E-state index is 0.314. The summed E-state index contributed by atoms with van der Waals surface area (Å²) in [5, 5.41) is 9.73. The SMILES string of the molecule is C=C(C)Cn1ccc(C(O)CCC)c1. The monoisotopic (exact) mass is 193 g/mol. The number of aliphatic hydroxyl groups is 1. The van der Waals surface area contributed by atoms with Gasteiger partial charge < -0.3 is 9.67 Å². The Morgan fingerprint density at radius 2 is 2.36 bits per heavy atom. The van der Waals surface area contributed by atoms with Crippen LogP contribution in [0, 0.1) is 0 Å². The van der Waals surface area contributed by atoms with Crippen molar-refractivity contribution in [2.45, 2.75) is 39.3 Å². The van der Waals surface area contributed by atoms with Gasteiger partial charge in [-0.05, 0) is 25.0 Å². The van der Waals surface area contributed by atoms with Crippen molar-refractivity contribution < 1.29 is 5.11 Å². The Labute approximate surface area is 85.9 Å². The van der Waals surface area contributed by atoms with Gasteiger partial charge in [-0.25, -0.2) is 0 Å². The molecule has 1 aromatic rings. The highest BCUT2D eigenvalue weighted by atomic mass is 16.3. The molecule has 1 aromatic heterocycles. The first kappa shape index (κ1) is 11.1. The van der Waals surface area contributed by atoms with Crippen molar-refractivity contribution in [3.05, 3.63) is 36.2 Å². The van der Waals surface area contributed by atoms with Crippen LogP contribution in [0.4, 0.5) is 0 Å². The summed E-state index contributed by atoms with van der Waals surface area (Å²) < 4.78 is 2.05. The molecule has 0 aromatic carbocycles. The van der Waals surface area contributed by atoms with E-state index in [0.717, 1.165) is 30.5 Å². The van der Waals surface area contributed by atoms with Crippen LogP contribution in [0.15, 0.2) is 30.6 Å². The summed E-state index contributed by atoms with van der Waals surface area (Å²) in [6.45, 7) is 8.77. The van der Waals surface area contributed by atoms with Gasteiger partial charge in [-0.2, -0.15) is 0 Å². The minimum Gasteiger partial charge on any atom is -0.388 e. The van der Waals surface area contributed by atoms with Gasteiger partial charge >= 0.3 is 0 Å². The molecule has 0 radical (unpaired) electrons. The molecular weight excluding hydrogens is 174 g/mol. The third-order valence-corrected chi connectivity index (χ3v) is 2.17. The van der Waals surface area contributed by atoms with Crippen molar-refractivity contribution in [1.29, 1.82) is 0 Å². The number of hydrogen-bond acceptors (Lipinski definition) is 1. The Bertz CT molecular complexity index is 301. The second-order valence-electron chi connectivity index (χ2n) is 3.88. The van der Waals surface area contributed by atoms with E-state index >= 15 is 0 Å². The maximum atomic E-state index is 9.73. The van der Waals surface area contributed by atoms with E-state index in [2.05, 4.69) is 18.1 Å². The van der Waals surface area contributed by atoms with Crippen LogP contribution in [-0.4, -0.2) is 9.67 Å². The average molecular weight is 193 g/mol. The molecule has 0 aliphatic rings. The molecule has 0 saturated heterocycles. The van der Waals surface area contributed by atoms with Gasteiger partial charge in [0.05, 0.1) is 6.10 Å².